The van der Waals surface area contributed by atoms with E-state index in [4.69, 9.17) is 31.9 Å². The molecule has 0 rings (SSSR count). The van der Waals surface area contributed by atoms with E-state index in [1.54, 1.807) is 0 Å². The predicted molar refractivity (Wildman–Crippen MR) is 81.5 cm³/mol. The zero-order chi connectivity index (χ0) is 19.1. The molecule has 0 aromatic rings. The Labute approximate surface area is 154 Å². The molecule has 0 aliphatic heterocycles. The van der Waals surface area contributed by atoms with Crippen LogP contribution >= 0.6 is 0 Å². The van der Waals surface area contributed by atoms with E-state index in [0.717, 1.165) is 9.80 Å². The Morgan fingerprint density at radius 2 is 0.800 bits per heavy atom. The van der Waals surface area contributed by atoms with Crippen molar-refractivity contribution in [2.75, 3.05) is 52.4 Å². The number of hydrogen-bond donors (Lipinski definition) is 6. The van der Waals surface area contributed by atoms with Gasteiger partial charge < -0.3 is 31.9 Å². The van der Waals surface area contributed by atoms with Crippen LogP contribution in [0.4, 0.5) is 0 Å². The molecule has 0 unspecified atom stereocenters. The van der Waals surface area contributed by atoms with Gasteiger partial charge in [0.2, 0.25) is 0 Å². The van der Waals surface area contributed by atoms with E-state index in [-0.39, 0.29) is 29.9 Å². The Balaban J connectivity index is -0.000000867. The summed E-state index contributed by atoms with van der Waals surface area (Å²) in [5.41, 5.74) is 9.81. The predicted octanol–water partition coefficient (Wildman–Crippen LogP) is -3.17. The van der Waals surface area contributed by atoms with Crippen LogP contribution in [0.1, 0.15) is 0 Å². The van der Waals surface area contributed by atoms with Crippen LogP contribution in [0.5, 0.6) is 0 Å². The number of nitrogens with two attached hydrogens (primary N) is 2. The molecule has 0 saturated heterocycles. The number of carboxylic acids is 4. The Kier molecular flexibility index (Phi) is 19.1. The summed E-state index contributed by atoms with van der Waals surface area (Å²) in [6.07, 6.45) is 0. The molecule has 0 atom stereocenters. The van der Waals surface area contributed by atoms with Gasteiger partial charge in [-0.3, -0.25) is 29.0 Å². The largest absolute Gasteiger partial charge is 0.480 e. The van der Waals surface area contributed by atoms with Gasteiger partial charge >= 0.3 is 23.9 Å². The summed E-state index contributed by atoms with van der Waals surface area (Å²) in [6, 6.07) is 0. The first-order valence-electron chi connectivity index (χ1n) is 6.84. The molecule has 0 aliphatic rings. The standard InChI is InChI=1S/C10H16N2O8.C2H8N2.Co/c13-7(14)3-11(4-8(15)16)1-2-12(5-9(17)18)6-10(19)20;3-1-2-4;/h1-6H2,(H,13,14)(H,15,16)(H,17,18)(H,19,20);1-4H2;. The number of rotatable bonds is 12. The summed E-state index contributed by atoms with van der Waals surface area (Å²) in [4.78, 5) is 44.4. The Morgan fingerprint density at radius 1 is 0.600 bits per heavy atom. The van der Waals surface area contributed by atoms with Crippen molar-refractivity contribution in [3.63, 3.8) is 0 Å². The third kappa shape index (κ3) is 22.2. The molecule has 12 nitrogen and oxygen atoms in total. The van der Waals surface area contributed by atoms with Crippen molar-refractivity contribution in [2.45, 2.75) is 0 Å². The van der Waals surface area contributed by atoms with Gasteiger partial charge in [-0.05, 0) is 0 Å². The maximum atomic E-state index is 10.6. The van der Waals surface area contributed by atoms with Crippen molar-refractivity contribution in [3.8, 4) is 0 Å². The molecule has 25 heavy (non-hydrogen) atoms. The molecule has 0 saturated carbocycles. The van der Waals surface area contributed by atoms with E-state index in [0.29, 0.717) is 13.1 Å². The van der Waals surface area contributed by atoms with Crippen LogP contribution in [-0.2, 0) is 36.0 Å². The molecular weight excluding hydrogens is 387 g/mol. The fraction of sp³-hybridized carbons (Fsp3) is 0.667. The summed E-state index contributed by atoms with van der Waals surface area (Å²) in [5.74, 6) is -4.91. The zero-order valence-electron chi connectivity index (χ0n) is 13.5. The second kappa shape index (κ2) is 17.1. The van der Waals surface area contributed by atoms with Crippen molar-refractivity contribution in [2.24, 2.45) is 11.5 Å². The van der Waals surface area contributed by atoms with Crippen molar-refractivity contribution in [1.82, 2.24) is 9.80 Å². The molecule has 149 valence electrons. The van der Waals surface area contributed by atoms with Gasteiger partial charge in [-0.2, -0.15) is 0 Å². The van der Waals surface area contributed by atoms with Gasteiger partial charge in [-0.15, -0.1) is 0 Å². The summed E-state index contributed by atoms with van der Waals surface area (Å²) in [6.45, 7) is -1.06. The molecular formula is C12H24CoN4O8. The topological polar surface area (TPSA) is 208 Å². The number of aliphatic carboxylic acids is 4. The first-order chi connectivity index (χ1) is 11.1. The normalized spacial score (nSPS) is 9.76. The maximum absolute atomic E-state index is 10.6. The molecule has 0 fully saturated rings. The van der Waals surface area contributed by atoms with E-state index in [9.17, 15) is 19.2 Å². The fourth-order valence-electron chi connectivity index (χ4n) is 1.48. The SMILES string of the molecule is NCCN.O=C(O)CN(CCN(CC(=O)O)CC(=O)O)CC(=O)O.[Co]. The van der Waals surface area contributed by atoms with Crippen molar-refractivity contribution >= 4 is 23.9 Å². The van der Waals surface area contributed by atoms with E-state index in [1.807, 2.05) is 0 Å². The fourth-order valence-corrected chi connectivity index (χ4v) is 1.48. The van der Waals surface area contributed by atoms with E-state index >= 15 is 0 Å². The number of carbonyl (C=O) groups is 4. The minimum atomic E-state index is -1.23. The van der Waals surface area contributed by atoms with Crippen molar-refractivity contribution < 1.29 is 56.4 Å². The van der Waals surface area contributed by atoms with Crippen LogP contribution in [-0.4, -0.2) is 106 Å². The van der Waals surface area contributed by atoms with Crippen LogP contribution in [0.15, 0.2) is 0 Å². The van der Waals surface area contributed by atoms with Crippen molar-refractivity contribution in [1.29, 1.82) is 0 Å². The van der Waals surface area contributed by atoms with Gasteiger partial charge in [0.15, 0.2) is 0 Å². The number of nitrogens with zero attached hydrogens (tertiary/aromatic N) is 2. The van der Waals surface area contributed by atoms with Gasteiger partial charge in [0.05, 0.1) is 26.2 Å². The summed E-state index contributed by atoms with van der Waals surface area (Å²) >= 11 is 0. The van der Waals surface area contributed by atoms with Crippen molar-refractivity contribution in [3.05, 3.63) is 0 Å². The van der Waals surface area contributed by atoms with Gasteiger partial charge in [0.25, 0.3) is 0 Å². The quantitative estimate of drug-likeness (QED) is 0.188. The van der Waals surface area contributed by atoms with E-state index in [1.165, 1.54) is 0 Å². The first kappa shape index (κ1) is 28.0. The molecule has 0 aromatic carbocycles. The Hall–Kier alpha value is -1.77. The van der Waals surface area contributed by atoms with Crippen LogP contribution in [0.25, 0.3) is 0 Å². The second-order valence-corrected chi connectivity index (χ2v) is 4.57. The summed E-state index contributed by atoms with van der Waals surface area (Å²) in [7, 11) is 0. The first-order valence-corrected chi connectivity index (χ1v) is 6.84. The molecule has 0 aromatic heterocycles. The van der Waals surface area contributed by atoms with Crippen LogP contribution in [0.2, 0.25) is 0 Å². The average molecular weight is 411 g/mol. The molecule has 0 amide bonds. The van der Waals surface area contributed by atoms with E-state index in [2.05, 4.69) is 0 Å². The average Bonchev–Trinajstić information content (AvgIpc) is 2.42. The van der Waals surface area contributed by atoms with Crippen LogP contribution in [0.3, 0.4) is 0 Å². The molecule has 0 spiro atoms. The van der Waals surface area contributed by atoms with Gasteiger partial charge in [0, 0.05) is 43.0 Å². The number of hydrogen-bond acceptors (Lipinski definition) is 8. The molecule has 0 bridgehead atoms. The minimum Gasteiger partial charge on any atom is -0.480 e. The van der Waals surface area contributed by atoms with Crippen LogP contribution in [0, 0.1) is 0 Å². The molecule has 0 heterocycles. The molecule has 8 N–H and O–H groups in total. The Bertz CT molecular complexity index is 354. The molecule has 13 heteroatoms. The smallest absolute Gasteiger partial charge is 0.317 e. The monoisotopic (exact) mass is 411 g/mol. The van der Waals surface area contributed by atoms with Crippen LogP contribution < -0.4 is 11.5 Å². The maximum Gasteiger partial charge on any atom is 0.317 e. The summed E-state index contributed by atoms with van der Waals surface area (Å²) in [5, 5.41) is 34.5. The van der Waals surface area contributed by atoms with E-state index < -0.39 is 50.1 Å². The number of carboxylic acid groups (broad SMARTS) is 4. The Morgan fingerprint density at radius 3 is 0.920 bits per heavy atom. The van der Waals surface area contributed by atoms with Gasteiger partial charge in [0.1, 0.15) is 0 Å². The van der Waals surface area contributed by atoms with Gasteiger partial charge in [-0.25, -0.2) is 0 Å². The third-order valence-corrected chi connectivity index (χ3v) is 2.33. The third-order valence-electron chi connectivity index (χ3n) is 2.33. The zero-order valence-corrected chi connectivity index (χ0v) is 14.5. The molecule has 0 aliphatic carbocycles. The summed E-state index contributed by atoms with van der Waals surface area (Å²) < 4.78 is 0. The minimum absolute atomic E-state index is 0. The molecule has 1 radical (unpaired) electrons. The second-order valence-electron chi connectivity index (χ2n) is 4.57. The van der Waals surface area contributed by atoms with Gasteiger partial charge in [-0.1, -0.05) is 0 Å².